The fraction of sp³-hybridized carbons (Fsp3) is 0.462. The molecule has 1 aliphatic heterocycles. The number of hydrogen-bond acceptors (Lipinski definition) is 2. The summed E-state index contributed by atoms with van der Waals surface area (Å²) in [5.74, 6) is -1.67. The Hall–Kier alpha value is -0.950. The van der Waals surface area contributed by atoms with Crippen molar-refractivity contribution in [3.63, 3.8) is 0 Å². The molecule has 2 rings (SSSR count). The van der Waals surface area contributed by atoms with Crippen LogP contribution in [0.4, 0.5) is 17.6 Å². The van der Waals surface area contributed by atoms with Gasteiger partial charge in [-0.25, -0.2) is 4.39 Å². The van der Waals surface area contributed by atoms with Crippen LogP contribution in [0.1, 0.15) is 12.0 Å². The van der Waals surface area contributed by atoms with Crippen molar-refractivity contribution in [1.82, 2.24) is 5.32 Å². The van der Waals surface area contributed by atoms with Gasteiger partial charge in [-0.15, -0.1) is 0 Å². The lowest BCUT2D eigenvalue weighted by Gasteiger charge is -2.29. The van der Waals surface area contributed by atoms with Crippen molar-refractivity contribution in [2.75, 3.05) is 13.1 Å². The van der Waals surface area contributed by atoms with Gasteiger partial charge in [-0.3, -0.25) is 4.79 Å². The van der Waals surface area contributed by atoms with Gasteiger partial charge in [-0.05, 0) is 36.7 Å². The SMILES string of the molecule is O=C(Cc1cc(Br)ccc1F)C1(C(F)(F)F)CCNC1. The molecule has 7 heteroatoms. The molecular formula is C13H12BrF4NO. The molecular weight excluding hydrogens is 342 g/mol. The Bertz CT molecular complexity index is 524. The van der Waals surface area contributed by atoms with Crippen molar-refractivity contribution in [3.8, 4) is 0 Å². The number of nitrogens with one attached hydrogen (secondary N) is 1. The van der Waals surface area contributed by atoms with Crippen LogP contribution in [0, 0.1) is 11.2 Å². The maximum Gasteiger partial charge on any atom is 0.402 e. The smallest absolute Gasteiger partial charge is 0.315 e. The highest BCUT2D eigenvalue weighted by molar-refractivity contribution is 9.10. The third kappa shape index (κ3) is 2.74. The molecule has 0 aromatic heterocycles. The van der Waals surface area contributed by atoms with Crippen molar-refractivity contribution < 1.29 is 22.4 Å². The summed E-state index contributed by atoms with van der Waals surface area (Å²) >= 11 is 3.11. The van der Waals surface area contributed by atoms with Crippen molar-refractivity contribution >= 4 is 21.7 Å². The molecule has 1 saturated heterocycles. The second-order valence-corrected chi connectivity index (χ2v) is 5.76. The lowest BCUT2D eigenvalue weighted by molar-refractivity contribution is -0.214. The zero-order chi connectivity index (χ0) is 15.0. The highest BCUT2D eigenvalue weighted by Crippen LogP contribution is 2.44. The van der Waals surface area contributed by atoms with Gasteiger partial charge in [-0.2, -0.15) is 13.2 Å². The van der Waals surface area contributed by atoms with E-state index < -0.39 is 36.2 Å². The molecule has 1 aliphatic rings. The standard InChI is InChI=1S/C13H12BrF4NO/c14-9-1-2-10(15)8(5-9)6-11(20)12(13(16,17)18)3-4-19-7-12/h1-2,5,19H,3-4,6-7H2. The average molecular weight is 354 g/mol. The molecule has 1 aromatic rings. The van der Waals surface area contributed by atoms with Gasteiger partial charge in [0.2, 0.25) is 0 Å². The van der Waals surface area contributed by atoms with E-state index in [4.69, 9.17) is 0 Å². The average Bonchev–Trinajstić information content (AvgIpc) is 2.83. The molecule has 1 heterocycles. The molecule has 1 N–H and O–H groups in total. The molecule has 0 aliphatic carbocycles. The molecule has 0 saturated carbocycles. The van der Waals surface area contributed by atoms with E-state index in [9.17, 15) is 22.4 Å². The Morgan fingerprint density at radius 1 is 1.40 bits per heavy atom. The summed E-state index contributed by atoms with van der Waals surface area (Å²) in [4.78, 5) is 12.1. The maximum atomic E-state index is 13.6. The number of benzene rings is 1. The minimum atomic E-state index is -4.63. The summed E-state index contributed by atoms with van der Waals surface area (Å²) in [7, 11) is 0. The Morgan fingerprint density at radius 3 is 2.65 bits per heavy atom. The van der Waals surface area contributed by atoms with Crippen molar-refractivity contribution in [2.24, 2.45) is 5.41 Å². The van der Waals surface area contributed by atoms with E-state index in [0.717, 1.165) is 6.07 Å². The largest absolute Gasteiger partial charge is 0.402 e. The Kier molecular flexibility index (Phi) is 4.20. The van der Waals surface area contributed by atoms with E-state index in [2.05, 4.69) is 21.2 Å². The first-order valence-corrected chi connectivity index (χ1v) is 6.80. The first-order valence-electron chi connectivity index (χ1n) is 6.01. The van der Waals surface area contributed by atoms with Crippen LogP contribution < -0.4 is 5.32 Å². The molecule has 2 nitrogen and oxygen atoms in total. The van der Waals surface area contributed by atoms with Crippen LogP contribution >= 0.6 is 15.9 Å². The van der Waals surface area contributed by atoms with Gasteiger partial charge in [0.1, 0.15) is 11.2 Å². The number of halogens is 5. The van der Waals surface area contributed by atoms with Gasteiger partial charge < -0.3 is 5.32 Å². The monoisotopic (exact) mass is 353 g/mol. The summed E-state index contributed by atoms with van der Waals surface area (Å²) in [6.45, 7) is -0.308. The molecule has 0 amide bonds. The van der Waals surface area contributed by atoms with Crippen LogP contribution in [-0.2, 0) is 11.2 Å². The Balaban J connectivity index is 2.28. The van der Waals surface area contributed by atoms with Crippen LogP contribution in [0.25, 0.3) is 0 Å². The summed E-state index contributed by atoms with van der Waals surface area (Å²) in [6, 6.07) is 3.89. The van der Waals surface area contributed by atoms with Crippen molar-refractivity contribution in [1.29, 1.82) is 0 Å². The minimum absolute atomic E-state index is 0.0279. The van der Waals surface area contributed by atoms with E-state index in [1.165, 1.54) is 12.1 Å². The van der Waals surface area contributed by atoms with Crippen LogP contribution in [-0.4, -0.2) is 25.0 Å². The first kappa shape index (κ1) is 15.4. The molecule has 110 valence electrons. The van der Waals surface area contributed by atoms with E-state index >= 15 is 0 Å². The number of carbonyl (C=O) groups is 1. The third-order valence-corrected chi connectivity index (χ3v) is 4.08. The molecule has 20 heavy (non-hydrogen) atoms. The molecule has 1 unspecified atom stereocenters. The van der Waals surface area contributed by atoms with Crippen LogP contribution in [0.3, 0.4) is 0 Å². The summed E-state index contributed by atoms with van der Waals surface area (Å²) in [5, 5.41) is 2.57. The number of Topliss-reactive ketones (excluding diaryl/α,β-unsaturated/α-hetero) is 1. The quantitative estimate of drug-likeness (QED) is 0.845. The second-order valence-electron chi connectivity index (χ2n) is 4.84. The van der Waals surface area contributed by atoms with Crippen LogP contribution in [0.15, 0.2) is 22.7 Å². The lowest BCUT2D eigenvalue weighted by atomic mass is 9.79. The normalized spacial score (nSPS) is 23.1. The number of carbonyl (C=O) groups excluding carboxylic acids is 1. The van der Waals surface area contributed by atoms with E-state index in [1.807, 2.05) is 0 Å². The van der Waals surface area contributed by atoms with Crippen molar-refractivity contribution in [3.05, 3.63) is 34.1 Å². The first-order chi connectivity index (χ1) is 9.26. The Morgan fingerprint density at radius 2 is 2.10 bits per heavy atom. The summed E-state index contributed by atoms with van der Waals surface area (Å²) in [6.07, 6.45) is -5.49. The molecule has 1 fully saturated rings. The van der Waals surface area contributed by atoms with Gasteiger partial charge in [0.25, 0.3) is 0 Å². The van der Waals surface area contributed by atoms with Crippen molar-refractivity contribution in [2.45, 2.75) is 19.0 Å². The van der Waals surface area contributed by atoms with Gasteiger partial charge in [-0.1, -0.05) is 15.9 Å². The number of alkyl halides is 3. The summed E-state index contributed by atoms with van der Waals surface area (Å²) < 4.78 is 53.6. The highest BCUT2D eigenvalue weighted by atomic mass is 79.9. The second kappa shape index (κ2) is 5.44. The third-order valence-electron chi connectivity index (χ3n) is 3.59. The van der Waals surface area contributed by atoms with Gasteiger partial charge in [0.05, 0.1) is 0 Å². The molecule has 1 atom stereocenters. The predicted octanol–water partition coefficient (Wildman–Crippen LogP) is 3.24. The van der Waals surface area contributed by atoms with Gasteiger partial charge in [0, 0.05) is 17.4 Å². The van der Waals surface area contributed by atoms with Gasteiger partial charge >= 0.3 is 6.18 Å². The molecule has 0 bridgehead atoms. The zero-order valence-electron chi connectivity index (χ0n) is 10.4. The van der Waals surface area contributed by atoms with Crippen LogP contribution in [0.5, 0.6) is 0 Å². The summed E-state index contributed by atoms with van der Waals surface area (Å²) in [5.41, 5.74) is -2.43. The topological polar surface area (TPSA) is 29.1 Å². The number of rotatable bonds is 3. The van der Waals surface area contributed by atoms with E-state index in [0.29, 0.717) is 4.47 Å². The number of ketones is 1. The number of hydrogen-bond donors (Lipinski definition) is 1. The van der Waals surface area contributed by atoms with E-state index in [1.54, 1.807) is 0 Å². The van der Waals surface area contributed by atoms with Gasteiger partial charge in [0.15, 0.2) is 5.78 Å². The predicted molar refractivity (Wildman–Crippen MR) is 68.8 cm³/mol. The zero-order valence-corrected chi connectivity index (χ0v) is 11.9. The van der Waals surface area contributed by atoms with Crippen LogP contribution in [0.2, 0.25) is 0 Å². The maximum absolute atomic E-state index is 13.6. The fourth-order valence-corrected chi connectivity index (χ4v) is 2.76. The van der Waals surface area contributed by atoms with E-state index in [-0.39, 0.29) is 18.5 Å². The lowest BCUT2D eigenvalue weighted by Crippen LogP contribution is -2.47. The molecule has 0 radical (unpaired) electrons. The fourth-order valence-electron chi connectivity index (χ4n) is 2.35. The molecule has 1 aromatic carbocycles. The minimum Gasteiger partial charge on any atom is -0.315 e. The molecule has 0 spiro atoms. The highest BCUT2D eigenvalue weighted by Gasteiger charge is 2.60. The Labute approximate surface area is 121 Å².